The fourth-order valence-corrected chi connectivity index (χ4v) is 3.39. The lowest BCUT2D eigenvalue weighted by Crippen LogP contribution is -2.23. The average molecular weight is 404 g/mol. The zero-order valence-electron chi connectivity index (χ0n) is 16.0. The Bertz CT molecular complexity index is 1080. The van der Waals surface area contributed by atoms with Gasteiger partial charge in [0.15, 0.2) is 0 Å². The van der Waals surface area contributed by atoms with Crippen LogP contribution in [0.1, 0.15) is 27.9 Å². The van der Waals surface area contributed by atoms with Crippen molar-refractivity contribution < 1.29 is 22.4 Å². The molecular formula is C22H20F4N2O. The van der Waals surface area contributed by atoms with Gasteiger partial charge in [-0.1, -0.05) is 24.3 Å². The van der Waals surface area contributed by atoms with Gasteiger partial charge in [0.2, 0.25) is 5.91 Å². The number of H-pyrrole nitrogens is 1. The number of carbonyl (C=O) groups excluding carboxylic acids is 1. The Morgan fingerprint density at radius 3 is 2.59 bits per heavy atom. The number of hydrogen-bond donors (Lipinski definition) is 2. The van der Waals surface area contributed by atoms with E-state index in [-0.39, 0.29) is 17.9 Å². The van der Waals surface area contributed by atoms with E-state index < -0.39 is 17.6 Å². The molecule has 29 heavy (non-hydrogen) atoms. The highest BCUT2D eigenvalue weighted by molar-refractivity contribution is 5.92. The van der Waals surface area contributed by atoms with Crippen LogP contribution >= 0.6 is 0 Å². The molecule has 3 aromatic rings. The van der Waals surface area contributed by atoms with Crippen molar-refractivity contribution in [2.45, 2.75) is 26.4 Å². The molecule has 2 aromatic carbocycles. The van der Waals surface area contributed by atoms with Crippen LogP contribution in [-0.4, -0.2) is 17.4 Å². The van der Waals surface area contributed by atoms with E-state index in [1.165, 1.54) is 24.3 Å². The third kappa shape index (κ3) is 4.50. The van der Waals surface area contributed by atoms with E-state index in [4.69, 9.17) is 0 Å². The summed E-state index contributed by atoms with van der Waals surface area (Å²) >= 11 is 0. The van der Waals surface area contributed by atoms with Gasteiger partial charge in [0.1, 0.15) is 5.82 Å². The van der Waals surface area contributed by atoms with Gasteiger partial charge in [-0.2, -0.15) is 13.2 Å². The van der Waals surface area contributed by atoms with Gasteiger partial charge in [-0.3, -0.25) is 4.79 Å². The first-order valence-corrected chi connectivity index (χ1v) is 9.07. The Kier molecular flexibility index (Phi) is 5.77. The highest BCUT2D eigenvalue weighted by Gasteiger charge is 2.32. The van der Waals surface area contributed by atoms with E-state index in [0.717, 1.165) is 40.4 Å². The second-order valence-corrected chi connectivity index (χ2v) is 6.80. The molecule has 1 aromatic heterocycles. The topological polar surface area (TPSA) is 44.9 Å². The number of carbonyl (C=O) groups is 1. The number of aromatic amines is 1. The first-order valence-electron chi connectivity index (χ1n) is 9.07. The highest BCUT2D eigenvalue weighted by Crippen LogP contribution is 2.32. The summed E-state index contributed by atoms with van der Waals surface area (Å²) in [5.41, 5.74) is 2.22. The molecule has 152 valence electrons. The molecule has 7 heteroatoms. The van der Waals surface area contributed by atoms with Crippen LogP contribution in [-0.2, 0) is 17.4 Å². The van der Waals surface area contributed by atoms with Crippen LogP contribution in [0.3, 0.4) is 0 Å². The van der Waals surface area contributed by atoms with Gasteiger partial charge in [0.25, 0.3) is 0 Å². The maximum Gasteiger partial charge on any atom is 0.416 e. The Hall–Kier alpha value is -3.09. The predicted molar refractivity (Wildman–Crippen MR) is 105 cm³/mol. The van der Waals surface area contributed by atoms with Crippen LogP contribution in [0.15, 0.2) is 42.5 Å². The average Bonchev–Trinajstić information content (AvgIpc) is 3.00. The Balaban J connectivity index is 1.68. The van der Waals surface area contributed by atoms with E-state index in [1.807, 2.05) is 13.8 Å². The summed E-state index contributed by atoms with van der Waals surface area (Å²) in [5, 5.41) is 3.46. The van der Waals surface area contributed by atoms with Crippen molar-refractivity contribution in [3.63, 3.8) is 0 Å². The highest BCUT2D eigenvalue weighted by atomic mass is 19.4. The second-order valence-electron chi connectivity index (χ2n) is 6.80. The molecule has 0 unspecified atom stereocenters. The minimum Gasteiger partial charge on any atom is -0.356 e. The quantitative estimate of drug-likeness (QED) is 0.439. The number of aromatic nitrogens is 1. The maximum atomic E-state index is 14.0. The second kappa shape index (κ2) is 8.11. The van der Waals surface area contributed by atoms with Gasteiger partial charge in [-0.25, -0.2) is 4.39 Å². The minimum absolute atomic E-state index is 0.0753. The molecule has 3 nitrogen and oxygen atoms in total. The summed E-state index contributed by atoms with van der Waals surface area (Å²) in [5.74, 6) is -0.836. The normalized spacial score (nSPS) is 12.1. The molecule has 3 rings (SSSR count). The van der Waals surface area contributed by atoms with Crippen molar-refractivity contribution in [1.29, 1.82) is 0 Å². The zero-order valence-corrected chi connectivity index (χ0v) is 16.0. The molecule has 0 aliphatic carbocycles. The smallest absolute Gasteiger partial charge is 0.356 e. The number of halogens is 4. The molecule has 1 amide bonds. The predicted octanol–water partition coefficient (Wildman–Crippen LogP) is 5.31. The minimum atomic E-state index is -4.49. The number of fused-ring (bicyclic) bond motifs is 1. The van der Waals surface area contributed by atoms with Crippen molar-refractivity contribution in [3.8, 4) is 0 Å². The summed E-state index contributed by atoms with van der Waals surface area (Å²) in [6.07, 6.45) is -1.79. The van der Waals surface area contributed by atoms with Crippen LogP contribution in [0.25, 0.3) is 17.0 Å². The number of hydrogen-bond acceptors (Lipinski definition) is 1. The van der Waals surface area contributed by atoms with E-state index in [0.29, 0.717) is 11.9 Å². The van der Waals surface area contributed by atoms with Crippen LogP contribution < -0.4 is 5.32 Å². The first kappa shape index (κ1) is 20.6. The number of nitrogens with one attached hydrogen (secondary N) is 2. The van der Waals surface area contributed by atoms with Gasteiger partial charge in [0.05, 0.1) is 11.1 Å². The summed E-state index contributed by atoms with van der Waals surface area (Å²) in [4.78, 5) is 15.1. The van der Waals surface area contributed by atoms with Crippen molar-refractivity contribution >= 4 is 22.9 Å². The van der Waals surface area contributed by atoms with Crippen molar-refractivity contribution in [1.82, 2.24) is 10.3 Å². The number of benzene rings is 2. The molecule has 0 spiro atoms. The van der Waals surface area contributed by atoms with Crippen molar-refractivity contribution in [3.05, 3.63) is 76.2 Å². The van der Waals surface area contributed by atoms with Gasteiger partial charge in [0, 0.05) is 23.7 Å². The fourth-order valence-electron chi connectivity index (χ4n) is 3.39. The third-order valence-corrected chi connectivity index (χ3v) is 4.78. The molecule has 0 bridgehead atoms. The summed E-state index contributed by atoms with van der Waals surface area (Å²) in [6, 6.07) is 8.16. The van der Waals surface area contributed by atoms with Gasteiger partial charge >= 0.3 is 6.18 Å². The largest absolute Gasteiger partial charge is 0.416 e. The molecule has 0 fully saturated rings. The molecule has 1 heterocycles. The number of alkyl halides is 3. The summed E-state index contributed by atoms with van der Waals surface area (Å²) in [6.45, 7) is 4.00. The molecular weight excluding hydrogens is 384 g/mol. The number of aryl methyl sites for hydroxylation is 2. The number of amides is 1. The maximum absolute atomic E-state index is 14.0. The van der Waals surface area contributed by atoms with E-state index in [2.05, 4.69) is 10.3 Å². The molecule has 0 saturated carbocycles. The zero-order chi connectivity index (χ0) is 21.2. The molecule has 0 radical (unpaired) electrons. The molecule has 2 N–H and O–H groups in total. The van der Waals surface area contributed by atoms with Crippen LogP contribution in [0.5, 0.6) is 0 Å². The molecule has 0 aliphatic rings. The van der Waals surface area contributed by atoms with Crippen LogP contribution in [0.4, 0.5) is 17.6 Å². The Morgan fingerprint density at radius 1 is 1.14 bits per heavy atom. The van der Waals surface area contributed by atoms with Gasteiger partial charge < -0.3 is 10.3 Å². The Labute approximate surface area is 165 Å². The first-order chi connectivity index (χ1) is 13.7. The van der Waals surface area contributed by atoms with E-state index >= 15 is 0 Å². The third-order valence-electron chi connectivity index (χ3n) is 4.78. The lowest BCUT2D eigenvalue weighted by atomic mass is 10.0. The monoisotopic (exact) mass is 404 g/mol. The fraction of sp³-hybridized carbons (Fsp3) is 0.227. The standard InChI is InChI=1S/C22H20F4N2O/c1-13-7-9-18(23)21-20(13)16(14(2)28-21)11-12-27-19(29)10-8-15-5-3-4-6-17(15)22(24,25)26/h3-10,28H,11-12H2,1-2H3,(H,27,29)/b10-8+. The lowest BCUT2D eigenvalue weighted by molar-refractivity contribution is -0.137. The van der Waals surface area contributed by atoms with Crippen molar-refractivity contribution in [2.75, 3.05) is 6.54 Å². The SMILES string of the molecule is Cc1[nH]c2c(F)ccc(C)c2c1CCNC(=O)/C=C/c1ccccc1C(F)(F)F. The summed E-state index contributed by atoms with van der Waals surface area (Å²) < 4.78 is 53.0. The van der Waals surface area contributed by atoms with Gasteiger partial charge in [-0.15, -0.1) is 0 Å². The number of rotatable bonds is 5. The molecule has 0 aliphatic heterocycles. The van der Waals surface area contributed by atoms with Crippen molar-refractivity contribution in [2.24, 2.45) is 0 Å². The Morgan fingerprint density at radius 2 is 1.86 bits per heavy atom. The van der Waals surface area contributed by atoms with Crippen LogP contribution in [0.2, 0.25) is 0 Å². The van der Waals surface area contributed by atoms with Crippen LogP contribution in [0, 0.1) is 19.7 Å². The lowest BCUT2D eigenvalue weighted by Gasteiger charge is -2.09. The molecule has 0 saturated heterocycles. The van der Waals surface area contributed by atoms with Gasteiger partial charge in [-0.05, 0) is 55.2 Å². The van der Waals surface area contributed by atoms with E-state index in [9.17, 15) is 22.4 Å². The van der Waals surface area contributed by atoms with E-state index in [1.54, 1.807) is 6.07 Å². The summed E-state index contributed by atoms with van der Waals surface area (Å²) in [7, 11) is 0. The molecule has 0 atom stereocenters.